The Bertz CT molecular complexity index is 1660. The summed E-state index contributed by atoms with van der Waals surface area (Å²) in [5, 5.41) is 0. The predicted octanol–water partition coefficient (Wildman–Crippen LogP) is 2.40. The largest absolute Gasteiger partial charge is 0.697 e. The molecule has 2 saturated heterocycles. The fourth-order valence-corrected chi connectivity index (χ4v) is 8.40. The zero-order valence-corrected chi connectivity index (χ0v) is 24.7. The second-order valence-corrected chi connectivity index (χ2v) is 14.5. The van der Waals surface area contributed by atoms with Gasteiger partial charge in [-0.25, -0.2) is 15.0 Å². The first-order chi connectivity index (χ1) is 20.3. The van der Waals surface area contributed by atoms with Crippen LogP contribution in [0.3, 0.4) is 0 Å². The molecule has 1 amide bonds. The summed E-state index contributed by atoms with van der Waals surface area (Å²) in [7, 11) is -2.47. The number of nitrogens with zero attached hydrogens (tertiary/aromatic N) is 6. The minimum absolute atomic E-state index is 0.0146. The maximum Gasteiger partial charge on any atom is 0.697 e. The van der Waals surface area contributed by atoms with E-state index < -0.39 is 39.3 Å². The number of aromatic nitrogens is 5. The van der Waals surface area contributed by atoms with Crippen LogP contribution in [0.1, 0.15) is 25.5 Å². The fraction of sp³-hybridized carbons (Fsp3) is 0.542. The maximum absolute atomic E-state index is 12.8. The van der Waals surface area contributed by atoms with Crippen LogP contribution in [0.15, 0.2) is 42.3 Å². The van der Waals surface area contributed by atoms with Gasteiger partial charge in [-0.2, -0.15) is 0 Å². The number of amides is 1. The Morgan fingerprint density at radius 1 is 1.10 bits per heavy atom. The van der Waals surface area contributed by atoms with Crippen molar-refractivity contribution < 1.29 is 37.1 Å². The number of rotatable bonds is 3. The van der Waals surface area contributed by atoms with Crippen molar-refractivity contribution >= 4 is 55.2 Å². The van der Waals surface area contributed by atoms with Crippen molar-refractivity contribution in [3.05, 3.63) is 37.3 Å². The molecule has 15 nitrogen and oxygen atoms in total. The first-order valence-corrected chi connectivity index (χ1v) is 17.2. The number of nitrogens with two attached hydrogens (primary N) is 1. The van der Waals surface area contributed by atoms with E-state index in [1.165, 1.54) is 0 Å². The number of allylic oxidation sites excluding steroid dienone is 1. The standard InChI is InChI=1S/C24H27N7O8P2S/c25-22(32)17-6-13(1-2-26-17)15-5-14-8-37-41(34,42)39-18-7-20(38-19(18)10-36-40(33)35-9-16(14)15)31-12-28-21-23-27-3-4-30(23)11-29-24(21)31/h1-4,11-16,18-20H,5-10H2,(H2-,25,32,34,42)/p+1/t13?,14-,15+,16-,18+,19-,20-,41?/m1/s1. The lowest BCUT2D eigenvalue weighted by Crippen LogP contribution is -2.46. The molecular formula is C24H28N7O8P2S+. The van der Waals surface area contributed by atoms with Crippen molar-refractivity contribution in [2.45, 2.75) is 37.7 Å². The highest BCUT2D eigenvalue weighted by Gasteiger charge is 2.49. The zero-order chi connectivity index (χ0) is 29.0. The third kappa shape index (κ3) is 5.36. The average Bonchev–Trinajstić information content (AvgIpc) is 3.68. The van der Waals surface area contributed by atoms with Crippen LogP contribution in [-0.4, -0.2) is 72.5 Å². The zero-order valence-electron chi connectivity index (χ0n) is 22.1. The molecule has 0 aromatic carbocycles. The molecule has 222 valence electrons. The number of primary amides is 1. The lowest BCUT2D eigenvalue weighted by Gasteiger charge is -2.47. The first-order valence-electron chi connectivity index (χ1n) is 13.5. The number of fused-ring (bicyclic) bond motifs is 5. The minimum atomic E-state index is -3.68. The molecule has 6 heterocycles. The molecular weight excluding hydrogens is 608 g/mol. The summed E-state index contributed by atoms with van der Waals surface area (Å²) in [6.45, 7) is -3.53. The van der Waals surface area contributed by atoms with Crippen LogP contribution >= 0.6 is 15.0 Å². The highest BCUT2D eigenvalue weighted by molar-refractivity contribution is 8.07. The summed E-state index contributed by atoms with van der Waals surface area (Å²) in [6.07, 6.45) is 9.64. The van der Waals surface area contributed by atoms with Gasteiger partial charge < -0.3 is 24.4 Å². The van der Waals surface area contributed by atoms with Gasteiger partial charge in [0.25, 0.3) is 5.91 Å². The summed E-state index contributed by atoms with van der Waals surface area (Å²) in [5.74, 6) is -0.536. The molecule has 42 heavy (non-hydrogen) atoms. The van der Waals surface area contributed by atoms with Gasteiger partial charge in [-0.3, -0.25) is 18.8 Å². The molecule has 3 fully saturated rings. The van der Waals surface area contributed by atoms with Gasteiger partial charge in [0.15, 0.2) is 16.8 Å². The molecule has 3 aromatic rings. The van der Waals surface area contributed by atoms with Gasteiger partial charge in [0.2, 0.25) is 0 Å². The number of hydrogen-bond acceptors (Lipinski definition) is 12. The fourth-order valence-electron chi connectivity index (χ4n) is 6.24. The molecule has 0 bridgehead atoms. The van der Waals surface area contributed by atoms with E-state index >= 15 is 0 Å². The highest BCUT2D eigenvalue weighted by atomic mass is 32.5. The van der Waals surface area contributed by atoms with Gasteiger partial charge in [-0.15, -0.1) is 9.05 Å². The van der Waals surface area contributed by atoms with Crippen molar-refractivity contribution in [2.24, 2.45) is 34.4 Å². The lowest BCUT2D eigenvalue weighted by atomic mass is 9.59. The molecule has 3 aliphatic heterocycles. The third-order valence-electron chi connectivity index (χ3n) is 8.44. The van der Waals surface area contributed by atoms with Gasteiger partial charge in [-0.1, -0.05) is 6.08 Å². The predicted molar refractivity (Wildman–Crippen MR) is 151 cm³/mol. The van der Waals surface area contributed by atoms with E-state index in [4.69, 9.17) is 40.4 Å². The molecule has 3 aromatic heterocycles. The number of aliphatic imine (C=N–C) groups is 1. The van der Waals surface area contributed by atoms with E-state index in [-0.39, 0.29) is 49.9 Å². The quantitative estimate of drug-likeness (QED) is 0.401. The van der Waals surface area contributed by atoms with Crippen molar-refractivity contribution in [1.82, 2.24) is 23.9 Å². The van der Waals surface area contributed by atoms with Crippen LogP contribution in [0.25, 0.3) is 16.8 Å². The molecule has 1 aliphatic carbocycles. The molecule has 1 saturated carbocycles. The number of carbonyl (C=O) groups excluding carboxylic acids is 1. The second kappa shape index (κ2) is 11.2. The lowest BCUT2D eigenvalue weighted by molar-refractivity contribution is -0.112. The van der Waals surface area contributed by atoms with Crippen LogP contribution in [0, 0.1) is 23.7 Å². The maximum atomic E-state index is 12.8. The second-order valence-electron chi connectivity index (χ2n) is 10.8. The summed E-state index contributed by atoms with van der Waals surface area (Å²) in [6, 6.07) is 0. The number of carbonyl (C=O) groups is 1. The molecule has 7 rings (SSSR count). The summed E-state index contributed by atoms with van der Waals surface area (Å²) >= 11 is 5.39. The Hall–Kier alpha value is -2.52. The van der Waals surface area contributed by atoms with E-state index in [2.05, 4.69) is 19.9 Å². The molecule has 3 unspecified atom stereocenters. The third-order valence-corrected chi connectivity index (χ3v) is 10.7. The number of ether oxygens (including phenoxy) is 1. The number of hydrogen-bond donors (Lipinski definition) is 2. The van der Waals surface area contributed by atoms with Crippen LogP contribution in [0.4, 0.5) is 0 Å². The van der Waals surface area contributed by atoms with Crippen LogP contribution in [0.5, 0.6) is 0 Å². The van der Waals surface area contributed by atoms with Crippen LogP contribution < -0.4 is 5.73 Å². The molecule has 4 aliphatic rings. The van der Waals surface area contributed by atoms with Gasteiger partial charge in [0, 0.05) is 36.0 Å². The first kappa shape index (κ1) is 28.3. The van der Waals surface area contributed by atoms with Gasteiger partial charge in [0.05, 0.1) is 12.9 Å². The van der Waals surface area contributed by atoms with Crippen molar-refractivity contribution in [1.29, 1.82) is 0 Å². The highest BCUT2D eigenvalue weighted by Crippen LogP contribution is 2.54. The van der Waals surface area contributed by atoms with Crippen molar-refractivity contribution in [2.75, 3.05) is 19.8 Å². The average molecular weight is 637 g/mol. The topological polar surface area (TPSA) is 187 Å². The van der Waals surface area contributed by atoms with Gasteiger partial charge >= 0.3 is 15.0 Å². The van der Waals surface area contributed by atoms with E-state index in [9.17, 15) is 14.3 Å². The molecule has 18 heteroatoms. The van der Waals surface area contributed by atoms with Crippen LogP contribution in [-0.2, 0) is 44.0 Å². The Morgan fingerprint density at radius 3 is 2.81 bits per heavy atom. The normalized spacial score (nSPS) is 36.7. The van der Waals surface area contributed by atoms with E-state index in [0.717, 1.165) is 6.42 Å². The van der Waals surface area contributed by atoms with Crippen molar-refractivity contribution in [3.8, 4) is 0 Å². The molecule has 0 spiro atoms. The van der Waals surface area contributed by atoms with E-state index in [0.29, 0.717) is 28.9 Å². The summed E-state index contributed by atoms with van der Waals surface area (Å²) in [4.78, 5) is 40.1. The summed E-state index contributed by atoms with van der Waals surface area (Å²) < 4.78 is 45.5. The minimum Gasteiger partial charge on any atom is -0.365 e. The van der Waals surface area contributed by atoms with Gasteiger partial charge in [-0.05, 0) is 41.9 Å². The Labute approximate surface area is 245 Å². The molecule has 9 atom stereocenters. The van der Waals surface area contributed by atoms with E-state index in [1.54, 1.807) is 40.2 Å². The van der Waals surface area contributed by atoms with Crippen LogP contribution in [0.2, 0.25) is 0 Å². The Balaban J connectivity index is 1.07. The Morgan fingerprint density at radius 2 is 1.95 bits per heavy atom. The van der Waals surface area contributed by atoms with Crippen molar-refractivity contribution in [3.63, 3.8) is 0 Å². The van der Waals surface area contributed by atoms with Gasteiger partial charge in [0.1, 0.15) is 43.7 Å². The van der Waals surface area contributed by atoms with E-state index in [1.807, 2.05) is 6.08 Å². The Kier molecular flexibility index (Phi) is 7.53. The molecule has 3 N–H and O–H groups in total. The number of imidazole rings is 2. The monoisotopic (exact) mass is 636 g/mol. The summed E-state index contributed by atoms with van der Waals surface area (Å²) in [5.41, 5.74) is 7.59. The molecule has 0 radical (unpaired) electrons. The smallest absolute Gasteiger partial charge is 0.365 e. The SMILES string of the molecule is NC(=O)C1=NC=CC([C@@H]2C[C@@H]3COP(O)(=S)O[C@H]4C[C@H](n5cnc6c5ncn5ccnc65)O[C@@H]4CO[P+](=O)OC[C@H]32)C1.